The molecule has 9 heteroatoms. The number of carbonyl (C=O) groups is 1. The van der Waals surface area contributed by atoms with Gasteiger partial charge < -0.3 is 0 Å². The quantitative estimate of drug-likeness (QED) is 0.286. The van der Waals surface area contributed by atoms with Gasteiger partial charge in [-0.15, -0.1) is 11.6 Å². The van der Waals surface area contributed by atoms with Gasteiger partial charge >= 0.3 is 0 Å². The normalized spacial score (nSPS) is 11.0. The van der Waals surface area contributed by atoms with Crippen molar-refractivity contribution in [1.82, 2.24) is 9.97 Å². The second-order valence-corrected chi connectivity index (χ2v) is 5.95. The Labute approximate surface area is 156 Å². The Balaban J connectivity index is 2.12. The minimum Gasteiger partial charge on any atom is -0.275 e. The van der Waals surface area contributed by atoms with Crippen molar-refractivity contribution in [2.45, 2.75) is 13.5 Å². The number of carbonyl (C=O) groups excluding carboxylic acids is 1. The van der Waals surface area contributed by atoms with Gasteiger partial charge in [0.1, 0.15) is 11.7 Å². The first-order chi connectivity index (χ1) is 12.8. The molecule has 1 amide bonds. The molecule has 0 fully saturated rings. The molecule has 0 atom stereocenters. The van der Waals surface area contributed by atoms with Crippen molar-refractivity contribution in [3.05, 3.63) is 64.9 Å². The number of nitrogens with zero attached hydrogens (tertiary/aromatic N) is 3. The van der Waals surface area contributed by atoms with Crippen LogP contribution < -0.4 is 4.90 Å². The molecule has 0 spiro atoms. The van der Waals surface area contributed by atoms with Gasteiger partial charge in [0.2, 0.25) is 11.9 Å². The minimum atomic E-state index is -1.83. The Bertz CT molecular complexity index is 1040. The van der Waals surface area contributed by atoms with E-state index in [2.05, 4.69) is 9.97 Å². The number of halogens is 5. The Morgan fingerprint density at radius 1 is 1.07 bits per heavy atom. The molecule has 0 aliphatic heterocycles. The third-order valence-electron chi connectivity index (χ3n) is 3.96. The van der Waals surface area contributed by atoms with Gasteiger partial charge in [0, 0.05) is 17.0 Å². The minimum absolute atomic E-state index is 0.152. The van der Waals surface area contributed by atoms with Crippen LogP contribution in [0.5, 0.6) is 0 Å². The molecule has 0 aliphatic rings. The Kier molecular flexibility index (Phi) is 5.27. The fraction of sp³-hybridized carbons (Fsp3) is 0.167. The lowest BCUT2D eigenvalue weighted by Gasteiger charge is -2.21. The molecule has 3 aromatic rings. The molecule has 27 heavy (non-hydrogen) atoms. The van der Waals surface area contributed by atoms with E-state index in [-0.39, 0.29) is 12.0 Å². The number of alkyl halides is 1. The van der Waals surface area contributed by atoms with Crippen LogP contribution in [0.4, 0.5) is 23.5 Å². The van der Waals surface area contributed by atoms with Crippen LogP contribution in [0.25, 0.3) is 10.9 Å². The molecule has 3 rings (SSSR count). The monoisotopic (exact) mass is 397 g/mol. The van der Waals surface area contributed by atoms with Crippen molar-refractivity contribution >= 4 is 34.4 Å². The summed E-state index contributed by atoms with van der Waals surface area (Å²) in [6.45, 7) is 0.924. The van der Waals surface area contributed by atoms with Gasteiger partial charge in [-0.25, -0.2) is 27.5 Å². The summed E-state index contributed by atoms with van der Waals surface area (Å²) < 4.78 is 54.7. The zero-order valence-electron chi connectivity index (χ0n) is 13.9. The van der Waals surface area contributed by atoms with E-state index < -0.39 is 47.2 Å². The van der Waals surface area contributed by atoms with E-state index in [1.54, 1.807) is 31.2 Å². The molecule has 140 valence electrons. The van der Waals surface area contributed by atoms with Crippen LogP contribution in [0.1, 0.15) is 11.3 Å². The highest BCUT2D eigenvalue weighted by Gasteiger charge is 2.26. The zero-order chi connectivity index (χ0) is 19.7. The van der Waals surface area contributed by atoms with Crippen molar-refractivity contribution in [3.8, 4) is 0 Å². The smallest absolute Gasteiger partial charge is 0.244 e. The number of aromatic nitrogens is 2. The maximum Gasteiger partial charge on any atom is 0.244 e. The van der Waals surface area contributed by atoms with E-state index in [0.29, 0.717) is 11.2 Å². The number of amides is 1. The van der Waals surface area contributed by atoms with Gasteiger partial charge in [0.25, 0.3) is 0 Å². The maximum atomic E-state index is 14.0. The number of rotatable bonds is 4. The van der Waals surface area contributed by atoms with Crippen LogP contribution >= 0.6 is 11.6 Å². The lowest BCUT2D eigenvalue weighted by molar-refractivity contribution is -0.116. The van der Waals surface area contributed by atoms with E-state index in [1.165, 1.54) is 0 Å². The van der Waals surface area contributed by atoms with E-state index >= 15 is 0 Å². The summed E-state index contributed by atoms with van der Waals surface area (Å²) in [5.41, 5.74) is 0.189. The third kappa shape index (κ3) is 3.57. The molecule has 4 nitrogen and oxygen atoms in total. The summed E-state index contributed by atoms with van der Waals surface area (Å²) >= 11 is 5.59. The first kappa shape index (κ1) is 19.0. The summed E-state index contributed by atoms with van der Waals surface area (Å²) in [7, 11) is 0. The van der Waals surface area contributed by atoms with E-state index in [0.717, 1.165) is 10.3 Å². The zero-order valence-corrected chi connectivity index (χ0v) is 14.7. The Morgan fingerprint density at radius 3 is 2.48 bits per heavy atom. The lowest BCUT2D eigenvalue weighted by atomic mass is 10.1. The average Bonchev–Trinajstić information content (AvgIpc) is 2.65. The number of benzene rings is 2. The van der Waals surface area contributed by atoms with Gasteiger partial charge in [-0.2, -0.15) is 0 Å². The predicted molar refractivity (Wildman–Crippen MR) is 92.5 cm³/mol. The van der Waals surface area contributed by atoms with Crippen LogP contribution in [-0.4, -0.2) is 21.8 Å². The predicted octanol–water partition coefficient (Wildman–Crippen LogP) is 4.27. The van der Waals surface area contributed by atoms with Gasteiger partial charge in [0.15, 0.2) is 17.5 Å². The summed E-state index contributed by atoms with van der Waals surface area (Å²) in [5.74, 6) is -7.99. The van der Waals surface area contributed by atoms with Gasteiger partial charge in [0.05, 0.1) is 17.8 Å². The molecule has 0 saturated carbocycles. The molecule has 0 unspecified atom stereocenters. The molecule has 0 aliphatic carbocycles. The summed E-state index contributed by atoms with van der Waals surface area (Å²) in [5, 5.41) is 0.727. The molecular weight excluding hydrogens is 386 g/mol. The molecule has 1 aromatic heterocycles. The highest BCUT2D eigenvalue weighted by molar-refractivity contribution is 6.29. The molecule has 0 radical (unpaired) electrons. The number of hydrogen-bond acceptors (Lipinski definition) is 3. The number of anilines is 1. The van der Waals surface area contributed by atoms with Crippen molar-refractivity contribution < 1.29 is 22.4 Å². The second-order valence-electron chi connectivity index (χ2n) is 5.69. The van der Waals surface area contributed by atoms with Crippen molar-refractivity contribution in [3.63, 3.8) is 0 Å². The lowest BCUT2D eigenvalue weighted by Crippen LogP contribution is -2.34. The second kappa shape index (κ2) is 7.48. The third-order valence-corrected chi connectivity index (χ3v) is 4.19. The largest absolute Gasteiger partial charge is 0.275 e. The fourth-order valence-electron chi connectivity index (χ4n) is 2.59. The Morgan fingerprint density at radius 2 is 1.78 bits per heavy atom. The molecule has 0 saturated heterocycles. The van der Waals surface area contributed by atoms with Crippen LogP contribution in [0.2, 0.25) is 0 Å². The van der Waals surface area contributed by atoms with Crippen LogP contribution in [0.15, 0.2) is 30.3 Å². The average molecular weight is 398 g/mol. The topological polar surface area (TPSA) is 46.1 Å². The first-order valence-electron chi connectivity index (χ1n) is 7.75. The Hall–Kier alpha value is -2.74. The first-order valence-corrected chi connectivity index (χ1v) is 8.28. The van der Waals surface area contributed by atoms with Gasteiger partial charge in [-0.1, -0.05) is 18.2 Å². The van der Waals surface area contributed by atoms with Crippen molar-refractivity contribution in [2.75, 3.05) is 10.8 Å². The summed E-state index contributed by atoms with van der Waals surface area (Å²) in [6, 6.07) is 7.17. The number of fused-ring (bicyclic) bond motifs is 1. The number of hydrogen-bond donors (Lipinski definition) is 0. The van der Waals surface area contributed by atoms with Crippen molar-refractivity contribution in [1.29, 1.82) is 0 Å². The standard InChI is InChI=1S/C18H12ClF4N3O/c1-9-10-4-2-3-5-14(10)25-18(24-9)26(15(27)7-19)8-11-12(20)6-13(21)17(23)16(11)22/h2-6H,7-8H2,1H3. The molecular formula is C18H12ClF4N3O. The van der Waals surface area contributed by atoms with Gasteiger partial charge in [-0.05, 0) is 13.0 Å². The van der Waals surface area contributed by atoms with Crippen LogP contribution in [-0.2, 0) is 11.3 Å². The van der Waals surface area contributed by atoms with Crippen molar-refractivity contribution in [2.24, 2.45) is 0 Å². The summed E-state index contributed by atoms with van der Waals surface area (Å²) in [4.78, 5) is 21.5. The number of para-hydroxylation sites is 1. The fourth-order valence-corrected chi connectivity index (χ4v) is 2.73. The van der Waals surface area contributed by atoms with E-state index in [9.17, 15) is 22.4 Å². The van der Waals surface area contributed by atoms with Crippen LogP contribution in [0, 0.1) is 30.2 Å². The summed E-state index contributed by atoms with van der Waals surface area (Å²) in [6.07, 6.45) is 0. The SMILES string of the molecule is Cc1nc(N(Cc2c(F)cc(F)c(F)c2F)C(=O)CCl)nc2ccccc12. The van der Waals surface area contributed by atoms with E-state index in [4.69, 9.17) is 11.6 Å². The van der Waals surface area contributed by atoms with E-state index in [1.807, 2.05) is 0 Å². The molecule has 1 heterocycles. The van der Waals surface area contributed by atoms with Crippen LogP contribution in [0.3, 0.4) is 0 Å². The molecule has 0 bridgehead atoms. The van der Waals surface area contributed by atoms with Gasteiger partial charge in [-0.3, -0.25) is 9.69 Å². The molecule has 0 N–H and O–H groups in total. The molecule has 2 aromatic carbocycles. The maximum absolute atomic E-state index is 14.0. The number of aryl methyl sites for hydroxylation is 1. The highest BCUT2D eigenvalue weighted by atomic mass is 35.5. The highest BCUT2D eigenvalue weighted by Crippen LogP contribution is 2.24.